The highest BCUT2D eigenvalue weighted by Crippen LogP contribution is 2.25. The maximum absolute atomic E-state index is 12.1. The summed E-state index contributed by atoms with van der Waals surface area (Å²) < 4.78 is 37.2. The van der Waals surface area contributed by atoms with Gasteiger partial charge in [-0.3, -0.25) is 4.90 Å². The average Bonchev–Trinajstić information content (AvgIpc) is 2.90. The molecule has 1 aromatic carbocycles. The lowest BCUT2D eigenvalue weighted by molar-refractivity contribution is 0.204. The van der Waals surface area contributed by atoms with Gasteiger partial charge in [0, 0.05) is 19.7 Å². The second-order valence-electron chi connectivity index (χ2n) is 6.40. The number of nitrogens with one attached hydrogen (secondary N) is 1. The summed E-state index contributed by atoms with van der Waals surface area (Å²) in [6, 6.07) is 7.94. The van der Waals surface area contributed by atoms with Crippen LogP contribution in [-0.2, 0) is 14.8 Å². The summed E-state index contributed by atoms with van der Waals surface area (Å²) in [4.78, 5) is 2.40. The van der Waals surface area contributed by atoms with Crippen LogP contribution in [0.1, 0.15) is 37.3 Å². The van der Waals surface area contributed by atoms with Crippen LogP contribution in [0.2, 0.25) is 0 Å². The third-order valence-electron chi connectivity index (χ3n) is 4.63. The van der Waals surface area contributed by atoms with Crippen LogP contribution < -0.4 is 9.46 Å². The first kappa shape index (κ1) is 20.2. The highest BCUT2D eigenvalue weighted by atomic mass is 32.2. The molecule has 142 valence electrons. The van der Waals surface area contributed by atoms with Gasteiger partial charge in [-0.2, -0.15) is 0 Å². The van der Waals surface area contributed by atoms with Gasteiger partial charge in [-0.1, -0.05) is 25.0 Å². The summed E-state index contributed by atoms with van der Waals surface area (Å²) in [6.07, 6.45) is 4.79. The minimum atomic E-state index is -3.33. The second-order valence-corrected chi connectivity index (χ2v) is 8.33. The number of rotatable bonds is 9. The van der Waals surface area contributed by atoms with Gasteiger partial charge in [0.05, 0.1) is 19.5 Å². The van der Waals surface area contributed by atoms with Crippen molar-refractivity contribution in [2.75, 3.05) is 46.2 Å². The minimum absolute atomic E-state index is 0.0150. The van der Waals surface area contributed by atoms with Gasteiger partial charge in [0.1, 0.15) is 5.75 Å². The quantitative estimate of drug-likeness (QED) is 0.722. The Labute approximate surface area is 151 Å². The van der Waals surface area contributed by atoms with Crippen LogP contribution in [0, 0.1) is 0 Å². The molecule has 1 aliphatic heterocycles. The van der Waals surface area contributed by atoms with Crippen molar-refractivity contribution in [2.24, 2.45) is 0 Å². The van der Waals surface area contributed by atoms with Crippen molar-refractivity contribution < 1.29 is 17.9 Å². The molecule has 1 atom stereocenters. The minimum Gasteiger partial charge on any atom is -0.497 e. The highest BCUT2D eigenvalue weighted by Gasteiger charge is 2.23. The molecule has 0 aromatic heterocycles. The summed E-state index contributed by atoms with van der Waals surface area (Å²) in [5.74, 6) is 0.790. The first-order chi connectivity index (χ1) is 12.1. The molecule has 1 N–H and O–H groups in total. The molecule has 1 fully saturated rings. The van der Waals surface area contributed by atoms with E-state index in [1.165, 1.54) is 20.0 Å². The van der Waals surface area contributed by atoms with Crippen molar-refractivity contribution in [3.63, 3.8) is 0 Å². The van der Waals surface area contributed by atoms with Crippen LogP contribution in [0.25, 0.3) is 0 Å². The molecule has 0 saturated carbocycles. The molecule has 0 bridgehead atoms. The normalized spacial score (nSPS) is 17.8. The third kappa shape index (κ3) is 6.58. The van der Waals surface area contributed by atoms with E-state index in [1.54, 1.807) is 7.11 Å². The molecule has 1 unspecified atom stereocenters. The lowest BCUT2D eigenvalue weighted by Crippen LogP contribution is -2.39. The molecule has 6 nitrogen and oxygen atoms in total. The van der Waals surface area contributed by atoms with E-state index in [-0.39, 0.29) is 18.4 Å². The zero-order valence-electron chi connectivity index (χ0n) is 15.2. The second kappa shape index (κ2) is 10.1. The van der Waals surface area contributed by atoms with E-state index < -0.39 is 10.0 Å². The Kier molecular flexibility index (Phi) is 8.15. The van der Waals surface area contributed by atoms with Crippen molar-refractivity contribution in [3.8, 4) is 5.75 Å². The Morgan fingerprint density at radius 1 is 1.08 bits per heavy atom. The molecule has 1 aliphatic rings. The van der Waals surface area contributed by atoms with E-state index in [0.717, 1.165) is 37.2 Å². The summed E-state index contributed by atoms with van der Waals surface area (Å²) in [6.45, 7) is 2.57. The topological polar surface area (TPSA) is 67.9 Å². The van der Waals surface area contributed by atoms with Gasteiger partial charge in [-0.25, -0.2) is 13.1 Å². The van der Waals surface area contributed by atoms with Gasteiger partial charge < -0.3 is 9.47 Å². The molecule has 0 spiro atoms. The Morgan fingerprint density at radius 2 is 1.72 bits per heavy atom. The van der Waals surface area contributed by atoms with Gasteiger partial charge in [0.2, 0.25) is 10.0 Å². The zero-order valence-corrected chi connectivity index (χ0v) is 16.1. The molecule has 0 radical (unpaired) electrons. The number of sulfonamides is 1. The fourth-order valence-electron chi connectivity index (χ4n) is 3.16. The number of hydrogen-bond donors (Lipinski definition) is 1. The van der Waals surface area contributed by atoms with Crippen LogP contribution >= 0.6 is 0 Å². The number of nitrogens with zero attached hydrogens (tertiary/aromatic N) is 1. The van der Waals surface area contributed by atoms with Gasteiger partial charge >= 0.3 is 0 Å². The summed E-state index contributed by atoms with van der Waals surface area (Å²) in [5.41, 5.74) is 1.11. The maximum atomic E-state index is 12.1. The molecule has 0 amide bonds. The van der Waals surface area contributed by atoms with E-state index in [0.29, 0.717) is 6.54 Å². The Balaban J connectivity index is 2.13. The number of ether oxygens (including phenoxy) is 2. The van der Waals surface area contributed by atoms with Crippen molar-refractivity contribution >= 4 is 10.0 Å². The number of hydrogen-bond acceptors (Lipinski definition) is 5. The predicted molar refractivity (Wildman–Crippen MR) is 99.4 cm³/mol. The number of benzene rings is 1. The van der Waals surface area contributed by atoms with Crippen LogP contribution in [-0.4, -0.2) is 59.5 Å². The third-order valence-corrected chi connectivity index (χ3v) is 5.95. The summed E-state index contributed by atoms with van der Waals surface area (Å²) >= 11 is 0. The van der Waals surface area contributed by atoms with Crippen LogP contribution in [0.5, 0.6) is 5.75 Å². The van der Waals surface area contributed by atoms with Crippen LogP contribution in [0.3, 0.4) is 0 Å². The average molecular weight is 371 g/mol. The molecule has 1 heterocycles. The molecule has 25 heavy (non-hydrogen) atoms. The fraction of sp³-hybridized carbons (Fsp3) is 0.667. The smallest absolute Gasteiger partial charge is 0.213 e. The lowest BCUT2D eigenvalue weighted by atomic mass is 10.0. The largest absolute Gasteiger partial charge is 0.497 e. The monoisotopic (exact) mass is 370 g/mol. The lowest BCUT2D eigenvalue weighted by Gasteiger charge is -2.31. The molecular weight excluding hydrogens is 340 g/mol. The first-order valence-electron chi connectivity index (χ1n) is 8.90. The van der Waals surface area contributed by atoms with E-state index in [4.69, 9.17) is 9.47 Å². The predicted octanol–water partition coefficient (Wildman–Crippen LogP) is 2.18. The maximum Gasteiger partial charge on any atom is 0.213 e. The van der Waals surface area contributed by atoms with E-state index in [2.05, 4.69) is 9.62 Å². The number of methoxy groups -OCH3 is 2. The molecule has 7 heteroatoms. The SMILES string of the molecule is COCCS(=O)(=O)NCC(c1ccc(OC)cc1)N1CCCCCC1. The van der Waals surface area contributed by atoms with Crippen LogP contribution in [0.4, 0.5) is 0 Å². The highest BCUT2D eigenvalue weighted by molar-refractivity contribution is 7.89. The molecule has 2 rings (SSSR count). The van der Waals surface area contributed by atoms with Gasteiger partial charge in [-0.15, -0.1) is 0 Å². The summed E-state index contributed by atoms with van der Waals surface area (Å²) in [5, 5.41) is 0. The fourth-order valence-corrected chi connectivity index (χ4v) is 4.10. The van der Waals surface area contributed by atoms with Gasteiger partial charge in [-0.05, 0) is 43.6 Å². The van der Waals surface area contributed by atoms with Crippen molar-refractivity contribution in [2.45, 2.75) is 31.7 Å². The standard InChI is InChI=1S/C18H30N2O4S/c1-23-13-14-25(21,22)19-15-18(20-11-5-3-4-6-12-20)16-7-9-17(24-2)10-8-16/h7-10,18-19H,3-6,11-15H2,1-2H3. The Bertz CT molecular complexity index is 596. The van der Waals surface area contributed by atoms with Crippen LogP contribution in [0.15, 0.2) is 24.3 Å². The molecule has 1 aromatic rings. The van der Waals surface area contributed by atoms with Crippen molar-refractivity contribution in [1.29, 1.82) is 0 Å². The Morgan fingerprint density at radius 3 is 2.28 bits per heavy atom. The first-order valence-corrected chi connectivity index (χ1v) is 10.6. The molecular formula is C18H30N2O4S. The van der Waals surface area contributed by atoms with Gasteiger partial charge in [0.25, 0.3) is 0 Å². The summed E-state index contributed by atoms with van der Waals surface area (Å²) in [7, 11) is -0.183. The van der Waals surface area contributed by atoms with Gasteiger partial charge in [0.15, 0.2) is 0 Å². The van der Waals surface area contributed by atoms with E-state index in [9.17, 15) is 8.42 Å². The zero-order chi connectivity index (χ0) is 18.1. The van der Waals surface area contributed by atoms with Crippen molar-refractivity contribution in [3.05, 3.63) is 29.8 Å². The molecule has 0 aliphatic carbocycles. The number of likely N-dealkylation sites (tertiary alicyclic amines) is 1. The van der Waals surface area contributed by atoms with Crippen molar-refractivity contribution in [1.82, 2.24) is 9.62 Å². The van der Waals surface area contributed by atoms with E-state index in [1.807, 2.05) is 24.3 Å². The van der Waals surface area contributed by atoms with E-state index >= 15 is 0 Å². The molecule has 1 saturated heterocycles. The Hall–Kier alpha value is -1.15.